The van der Waals surface area contributed by atoms with Crippen molar-refractivity contribution < 1.29 is 4.79 Å². The molecule has 2 aromatic heterocycles. The number of hydrogen-bond donors (Lipinski definition) is 1. The van der Waals surface area contributed by atoms with Gasteiger partial charge in [0.05, 0.1) is 5.69 Å². The van der Waals surface area contributed by atoms with Gasteiger partial charge in [0, 0.05) is 51.1 Å². The molecule has 0 aliphatic carbocycles. The number of benzene rings is 1. The van der Waals surface area contributed by atoms with Gasteiger partial charge in [0.15, 0.2) is 0 Å². The molecule has 3 heterocycles. The normalized spacial score (nSPS) is 14.6. The molecule has 0 radical (unpaired) electrons. The Kier molecular flexibility index (Phi) is 5.18. The Morgan fingerprint density at radius 1 is 1.04 bits per heavy atom. The van der Waals surface area contributed by atoms with Gasteiger partial charge in [-0.1, -0.05) is 18.2 Å². The van der Waals surface area contributed by atoms with Gasteiger partial charge in [-0.2, -0.15) is 4.98 Å². The lowest BCUT2D eigenvalue weighted by Crippen LogP contribution is -2.33. The minimum Gasteiger partial charge on any atom is -0.355 e. The van der Waals surface area contributed by atoms with E-state index in [4.69, 9.17) is 0 Å². The Morgan fingerprint density at radius 2 is 1.89 bits per heavy atom. The highest BCUT2D eigenvalue weighted by Crippen LogP contribution is 2.18. The third kappa shape index (κ3) is 4.11. The van der Waals surface area contributed by atoms with E-state index in [9.17, 15) is 4.79 Å². The molecule has 1 aliphatic rings. The van der Waals surface area contributed by atoms with Crippen molar-refractivity contribution in [2.45, 2.75) is 13.3 Å². The number of nitrogens with zero attached hydrogens (tertiary/aromatic N) is 6. The van der Waals surface area contributed by atoms with E-state index in [2.05, 4.69) is 25.3 Å². The molecule has 0 saturated carbocycles. The number of amides is 1. The molecule has 1 aromatic carbocycles. The smallest absolute Gasteiger partial charge is 0.246 e. The Labute approximate surface area is 163 Å². The average molecular weight is 377 g/mol. The zero-order chi connectivity index (χ0) is 19.3. The van der Waals surface area contributed by atoms with Crippen molar-refractivity contribution >= 4 is 23.4 Å². The second-order valence-electron chi connectivity index (χ2n) is 6.72. The highest BCUT2D eigenvalue weighted by molar-refractivity contribution is 5.73. The lowest BCUT2D eigenvalue weighted by molar-refractivity contribution is -0.128. The third-order valence-electron chi connectivity index (χ3n) is 4.78. The lowest BCUT2D eigenvalue weighted by atomic mass is 10.3. The molecule has 144 valence electrons. The average Bonchev–Trinajstić information content (AvgIpc) is 3.03. The molecule has 4 rings (SSSR count). The van der Waals surface area contributed by atoms with Gasteiger partial charge >= 0.3 is 0 Å². The van der Waals surface area contributed by atoms with Gasteiger partial charge in [0.25, 0.3) is 0 Å². The summed E-state index contributed by atoms with van der Waals surface area (Å²) in [5.41, 5.74) is 1.83. The maximum absolute atomic E-state index is 11.6. The molecular weight excluding hydrogens is 354 g/mol. The molecule has 3 aromatic rings. The molecule has 0 spiro atoms. The number of carbonyl (C=O) groups excluding carboxylic acids is 1. The predicted octanol–water partition coefficient (Wildman–Crippen LogP) is 2.46. The molecule has 0 bridgehead atoms. The summed E-state index contributed by atoms with van der Waals surface area (Å²) in [5, 5.41) is 7.70. The molecule has 8 heteroatoms. The van der Waals surface area contributed by atoms with E-state index in [1.165, 1.54) is 0 Å². The fourth-order valence-corrected chi connectivity index (χ4v) is 3.28. The number of anilines is 3. The summed E-state index contributed by atoms with van der Waals surface area (Å²) in [6.07, 6.45) is 4.40. The summed E-state index contributed by atoms with van der Waals surface area (Å²) in [5.74, 6) is 1.55. The van der Waals surface area contributed by atoms with Crippen LogP contribution in [0.2, 0.25) is 0 Å². The van der Waals surface area contributed by atoms with Crippen LogP contribution in [0.4, 0.5) is 17.5 Å². The highest BCUT2D eigenvalue weighted by Gasteiger charge is 2.18. The molecule has 8 nitrogen and oxygen atoms in total. The molecule has 1 aliphatic heterocycles. The van der Waals surface area contributed by atoms with E-state index in [0.717, 1.165) is 49.8 Å². The van der Waals surface area contributed by atoms with E-state index < -0.39 is 0 Å². The largest absolute Gasteiger partial charge is 0.355 e. The number of rotatable bonds is 4. The van der Waals surface area contributed by atoms with Crippen LogP contribution in [0.25, 0.3) is 5.69 Å². The van der Waals surface area contributed by atoms with Crippen molar-refractivity contribution in [3.8, 4) is 5.69 Å². The Balaban J connectivity index is 1.49. The molecule has 0 atom stereocenters. The van der Waals surface area contributed by atoms with Gasteiger partial charge in [-0.3, -0.25) is 4.79 Å². The second-order valence-corrected chi connectivity index (χ2v) is 6.72. The van der Waals surface area contributed by atoms with E-state index in [1.54, 1.807) is 24.1 Å². The summed E-state index contributed by atoms with van der Waals surface area (Å²) in [7, 11) is 0. The summed E-state index contributed by atoms with van der Waals surface area (Å²) in [6.45, 7) is 4.78. The number of hydrogen-bond acceptors (Lipinski definition) is 6. The molecule has 1 saturated heterocycles. The maximum Gasteiger partial charge on any atom is 0.246 e. The van der Waals surface area contributed by atoms with Gasteiger partial charge in [-0.05, 0) is 24.6 Å². The van der Waals surface area contributed by atoms with Crippen LogP contribution in [-0.2, 0) is 4.79 Å². The summed E-state index contributed by atoms with van der Waals surface area (Å²) in [6, 6.07) is 13.7. The van der Waals surface area contributed by atoms with Gasteiger partial charge in [-0.25, -0.2) is 9.67 Å². The molecule has 1 fully saturated rings. The molecule has 1 N–H and O–H groups in total. The monoisotopic (exact) mass is 377 g/mol. The lowest BCUT2D eigenvalue weighted by Gasteiger charge is -2.22. The topological polar surface area (TPSA) is 79.2 Å². The zero-order valence-electron chi connectivity index (χ0n) is 15.8. The first kappa shape index (κ1) is 18.0. The third-order valence-corrected chi connectivity index (χ3v) is 4.78. The molecular formula is C20H23N7O. The summed E-state index contributed by atoms with van der Waals surface area (Å²) in [4.78, 5) is 24.6. The fraction of sp³-hybridized carbons (Fsp3) is 0.300. The van der Waals surface area contributed by atoms with Crippen LogP contribution in [0.15, 0.2) is 55.0 Å². The quantitative estimate of drug-likeness (QED) is 0.752. The van der Waals surface area contributed by atoms with Crippen LogP contribution in [0, 0.1) is 0 Å². The number of pyridine rings is 1. The van der Waals surface area contributed by atoms with Crippen LogP contribution in [0.3, 0.4) is 0 Å². The van der Waals surface area contributed by atoms with Crippen LogP contribution >= 0.6 is 0 Å². The fourth-order valence-electron chi connectivity index (χ4n) is 3.28. The predicted molar refractivity (Wildman–Crippen MR) is 108 cm³/mol. The van der Waals surface area contributed by atoms with Gasteiger partial charge < -0.3 is 15.1 Å². The van der Waals surface area contributed by atoms with Crippen molar-refractivity contribution in [1.82, 2.24) is 24.6 Å². The number of nitrogens with one attached hydrogen (secondary N) is 1. The zero-order valence-corrected chi connectivity index (χ0v) is 15.8. The van der Waals surface area contributed by atoms with Gasteiger partial charge in [0.1, 0.15) is 12.1 Å². The van der Waals surface area contributed by atoms with Crippen molar-refractivity contribution in [1.29, 1.82) is 0 Å². The Hall–Kier alpha value is -3.42. The second kappa shape index (κ2) is 8.08. The standard InChI is InChI=1S/C20H23N7O/c1-16(28)25-10-5-11-26(13-12-25)19-14-18(8-9-21-19)27-15-22-20(24-27)23-17-6-3-2-4-7-17/h2-4,6-9,14-15H,5,10-13H2,1H3,(H,23,24). The van der Waals surface area contributed by atoms with Crippen molar-refractivity contribution in [2.24, 2.45) is 0 Å². The molecule has 0 unspecified atom stereocenters. The minimum absolute atomic E-state index is 0.129. The van der Waals surface area contributed by atoms with E-state index in [1.807, 2.05) is 47.4 Å². The first-order valence-corrected chi connectivity index (χ1v) is 9.40. The van der Waals surface area contributed by atoms with Gasteiger partial charge in [-0.15, -0.1) is 5.10 Å². The van der Waals surface area contributed by atoms with E-state index in [-0.39, 0.29) is 5.91 Å². The number of carbonyl (C=O) groups is 1. The van der Waals surface area contributed by atoms with Crippen molar-refractivity contribution in [2.75, 3.05) is 36.4 Å². The summed E-state index contributed by atoms with van der Waals surface area (Å²) < 4.78 is 1.73. The van der Waals surface area contributed by atoms with Crippen LogP contribution < -0.4 is 10.2 Å². The van der Waals surface area contributed by atoms with Crippen LogP contribution in [0.5, 0.6) is 0 Å². The van der Waals surface area contributed by atoms with Crippen LogP contribution in [0.1, 0.15) is 13.3 Å². The maximum atomic E-state index is 11.6. The van der Waals surface area contributed by atoms with Gasteiger partial charge in [0.2, 0.25) is 11.9 Å². The SMILES string of the molecule is CC(=O)N1CCCN(c2cc(-n3cnc(Nc4ccccc4)n3)ccn2)CC1. The van der Waals surface area contributed by atoms with E-state index >= 15 is 0 Å². The Morgan fingerprint density at radius 3 is 2.71 bits per heavy atom. The number of para-hydroxylation sites is 1. The van der Waals surface area contributed by atoms with Crippen molar-refractivity contribution in [3.63, 3.8) is 0 Å². The Bertz CT molecular complexity index is 940. The molecule has 28 heavy (non-hydrogen) atoms. The van der Waals surface area contributed by atoms with Crippen LogP contribution in [-0.4, -0.2) is 56.7 Å². The first-order valence-electron chi connectivity index (χ1n) is 9.40. The highest BCUT2D eigenvalue weighted by atomic mass is 16.2. The minimum atomic E-state index is 0.129. The number of aromatic nitrogens is 4. The molecule has 1 amide bonds. The van der Waals surface area contributed by atoms with Crippen molar-refractivity contribution in [3.05, 3.63) is 55.0 Å². The summed E-state index contributed by atoms with van der Waals surface area (Å²) >= 11 is 0. The first-order chi connectivity index (χ1) is 13.7. The van der Waals surface area contributed by atoms with E-state index in [0.29, 0.717) is 5.95 Å².